The van der Waals surface area contributed by atoms with Crippen LogP contribution in [-0.4, -0.2) is 28.9 Å². The predicted molar refractivity (Wildman–Crippen MR) is 122 cm³/mol. The lowest BCUT2D eigenvalue weighted by atomic mass is 9.87. The van der Waals surface area contributed by atoms with E-state index in [0.29, 0.717) is 24.2 Å². The summed E-state index contributed by atoms with van der Waals surface area (Å²) in [7, 11) is 0. The molecule has 4 rings (SSSR count). The highest BCUT2D eigenvalue weighted by Crippen LogP contribution is 2.24. The van der Waals surface area contributed by atoms with Crippen molar-refractivity contribution in [3.8, 4) is 11.4 Å². The molecule has 0 unspecified atom stereocenters. The average Bonchev–Trinajstić information content (AvgIpc) is 3.45. The molecule has 1 N–H and O–H groups in total. The third-order valence-electron chi connectivity index (χ3n) is 5.66. The van der Waals surface area contributed by atoms with E-state index in [4.69, 9.17) is 9.36 Å². The number of hydrogen-bond donors (Lipinski definition) is 1. The number of hydrogen-bond acceptors (Lipinski definition) is 6. The molecule has 1 atom stereocenters. The zero-order valence-corrected chi connectivity index (χ0v) is 18.7. The molecule has 0 bridgehead atoms. The van der Waals surface area contributed by atoms with Crippen LogP contribution in [0.4, 0.5) is 0 Å². The molecule has 6 heteroatoms. The molecule has 0 aliphatic carbocycles. The molecular weight excluding hydrogens is 388 g/mol. The van der Waals surface area contributed by atoms with E-state index < -0.39 is 0 Å². The molecule has 1 aliphatic rings. The van der Waals surface area contributed by atoms with Crippen LogP contribution in [-0.2, 0) is 16.9 Å². The van der Waals surface area contributed by atoms with Crippen LogP contribution in [0.5, 0.6) is 0 Å². The van der Waals surface area contributed by atoms with Crippen molar-refractivity contribution in [1.82, 2.24) is 15.5 Å². The van der Waals surface area contributed by atoms with Crippen LogP contribution in [0.3, 0.4) is 0 Å². The average molecular weight is 419 g/mol. The number of aromatic nitrogens is 2. The molecule has 2 aromatic carbocycles. The van der Waals surface area contributed by atoms with Gasteiger partial charge in [0, 0.05) is 12.1 Å². The molecule has 0 radical (unpaired) electrons. The van der Waals surface area contributed by atoms with Crippen LogP contribution in [0.25, 0.3) is 11.4 Å². The lowest BCUT2D eigenvalue weighted by Crippen LogP contribution is -2.10. The third kappa shape index (κ3) is 5.20. The minimum atomic E-state index is 0.150. The second-order valence-electron chi connectivity index (χ2n) is 9.12. The van der Waals surface area contributed by atoms with E-state index >= 15 is 0 Å². The van der Waals surface area contributed by atoms with Gasteiger partial charge in [-0.1, -0.05) is 79.6 Å². The van der Waals surface area contributed by atoms with Gasteiger partial charge in [0.05, 0.1) is 11.6 Å². The number of benzene rings is 2. The SMILES string of the molecule is C/C(=N\OCc1ccc(C(C)(C)C)cc1)c1ccc(-c2noc([C@@H]3CCNC3)n2)cc1. The molecule has 1 fully saturated rings. The summed E-state index contributed by atoms with van der Waals surface area (Å²) in [6.07, 6.45) is 1.04. The summed E-state index contributed by atoms with van der Waals surface area (Å²) in [6, 6.07) is 16.5. The van der Waals surface area contributed by atoms with E-state index in [-0.39, 0.29) is 5.41 Å². The minimum Gasteiger partial charge on any atom is -0.391 e. The lowest BCUT2D eigenvalue weighted by Gasteiger charge is -2.19. The Balaban J connectivity index is 1.35. The fourth-order valence-electron chi connectivity index (χ4n) is 3.60. The molecule has 1 saturated heterocycles. The summed E-state index contributed by atoms with van der Waals surface area (Å²) in [5.41, 5.74) is 5.31. The third-order valence-corrected chi connectivity index (χ3v) is 5.66. The standard InChI is InChI=1S/C25H30N4O2/c1-17(28-30-16-18-5-11-22(12-6-18)25(2,3)4)19-7-9-20(10-8-19)23-27-24(31-29-23)21-13-14-26-15-21/h5-12,21,26H,13-16H2,1-4H3/b28-17+/t21-/m1/s1. The maximum absolute atomic E-state index is 5.58. The van der Waals surface area contributed by atoms with Crippen LogP contribution in [0.15, 0.2) is 58.2 Å². The summed E-state index contributed by atoms with van der Waals surface area (Å²) >= 11 is 0. The van der Waals surface area contributed by atoms with Crippen LogP contribution in [0, 0.1) is 0 Å². The Morgan fingerprint density at radius 1 is 1.13 bits per heavy atom. The van der Waals surface area contributed by atoms with E-state index in [0.717, 1.165) is 41.9 Å². The fraction of sp³-hybridized carbons (Fsp3) is 0.400. The number of nitrogens with zero attached hydrogens (tertiary/aromatic N) is 3. The number of oxime groups is 1. The maximum atomic E-state index is 5.58. The van der Waals surface area contributed by atoms with Crippen molar-refractivity contribution in [3.05, 3.63) is 71.1 Å². The van der Waals surface area contributed by atoms with Crippen LogP contribution in [0.2, 0.25) is 0 Å². The van der Waals surface area contributed by atoms with Gasteiger partial charge in [-0.15, -0.1) is 0 Å². The Labute approximate surface area is 183 Å². The Hall–Kier alpha value is -2.99. The van der Waals surface area contributed by atoms with Gasteiger partial charge in [0.2, 0.25) is 11.7 Å². The first-order valence-corrected chi connectivity index (χ1v) is 10.8. The molecule has 1 aromatic heterocycles. The Kier molecular flexibility index (Phi) is 6.18. The van der Waals surface area contributed by atoms with Crippen LogP contribution < -0.4 is 5.32 Å². The molecule has 162 valence electrons. The van der Waals surface area contributed by atoms with E-state index in [1.54, 1.807) is 0 Å². The fourth-order valence-corrected chi connectivity index (χ4v) is 3.60. The Morgan fingerprint density at radius 3 is 2.52 bits per heavy atom. The van der Waals surface area contributed by atoms with Gasteiger partial charge >= 0.3 is 0 Å². The first-order chi connectivity index (χ1) is 14.9. The van der Waals surface area contributed by atoms with E-state index in [9.17, 15) is 0 Å². The van der Waals surface area contributed by atoms with Crippen molar-refractivity contribution < 1.29 is 9.36 Å². The highest BCUT2D eigenvalue weighted by molar-refractivity contribution is 5.98. The normalized spacial score (nSPS) is 17.2. The van der Waals surface area contributed by atoms with Gasteiger partial charge in [-0.3, -0.25) is 0 Å². The van der Waals surface area contributed by atoms with Gasteiger partial charge in [-0.2, -0.15) is 4.98 Å². The summed E-state index contributed by atoms with van der Waals surface area (Å²) in [6.45, 7) is 10.9. The van der Waals surface area contributed by atoms with Crippen molar-refractivity contribution in [2.24, 2.45) is 5.16 Å². The monoisotopic (exact) mass is 418 g/mol. The Morgan fingerprint density at radius 2 is 1.87 bits per heavy atom. The number of nitrogens with one attached hydrogen (secondary N) is 1. The summed E-state index contributed by atoms with van der Waals surface area (Å²) < 4.78 is 5.46. The van der Waals surface area contributed by atoms with Gasteiger partial charge in [0.15, 0.2) is 0 Å². The van der Waals surface area contributed by atoms with Crippen molar-refractivity contribution >= 4 is 5.71 Å². The smallest absolute Gasteiger partial charge is 0.231 e. The molecule has 31 heavy (non-hydrogen) atoms. The molecule has 3 aromatic rings. The van der Waals surface area contributed by atoms with E-state index in [1.165, 1.54) is 5.56 Å². The summed E-state index contributed by atoms with van der Waals surface area (Å²) in [4.78, 5) is 10.1. The van der Waals surface area contributed by atoms with Gasteiger partial charge in [-0.25, -0.2) is 0 Å². The zero-order valence-electron chi connectivity index (χ0n) is 18.7. The first-order valence-electron chi connectivity index (χ1n) is 10.8. The van der Waals surface area contributed by atoms with Crippen molar-refractivity contribution in [2.45, 2.75) is 52.1 Å². The molecule has 2 heterocycles. The molecule has 0 spiro atoms. The molecule has 0 amide bonds. The first kappa shape index (κ1) is 21.2. The van der Waals surface area contributed by atoms with E-state index in [2.05, 4.69) is 65.6 Å². The largest absolute Gasteiger partial charge is 0.391 e. The Bertz CT molecular complexity index is 1020. The van der Waals surface area contributed by atoms with Gasteiger partial charge in [0.25, 0.3) is 0 Å². The van der Waals surface area contributed by atoms with E-state index in [1.807, 2.05) is 31.2 Å². The van der Waals surface area contributed by atoms with Crippen molar-refractivity contribution in [1.29, 1.82) is 0 Å². The minimum absolute atomic E-state index is 0.150. The van der Waals surface area contributed by atoms with Crippen molar-refractivity contribution in [2.75, 3.05) is 13.1 Å². The molecule has 1 aliphatic heterocycles. The zero-order chi connectivity index (χ0) is 21.8. The highest BCUT2D eigenvalue weighted by Gasteiger charge is 2.23. The van der Waals surface area contributed by atoms with Crippen LogP contribution in [0.1, 0.15) is 62.6 Å². The second kappa shape index (κ2) is 9.02. The van der Waals surface area contributed by atoms with Crippen LogP contribution >= 0.6 is 0 Å². The van der Waals surface area contributed by atoms with Gasteiger partial charge < -0.3 is 14.7 Å². The van der Waals surface area contributed by atoms with Gasteiger partial charge in [-0.05, 0) is 42.0 Å². The lowest BCUT2D eigenvalue weighted by molar-refractivity contribution is 0.130. The summed E-state index contributed by atoms with van der Waals surface area (Å²) in [5.74, 6) is 1.65. The molecule has 6 nitrogen and oxygen atoms in total. The second-order valence-corrected chi connectivity index (χ2v) is 9.12. The number of rotatable bonds is 6. The van der Waals surface area contributed by atoms with Crippen molar-refractivity contribution in [3.63, 3.8) is 0 Å². The highest BCUT2D eigenvalue weighted by atomic mass is 16.6. The molecular formula is C25H30N4O2. The molecule has 0 saturated carbocycles. The predicted octanol–water partition coefficient (Wildman–Crippen LogP) is 5.05. The quantitative estimate of drug-likeness (QED) is 0.448. The summed E-state index contributed by atoms with van der Waals surface area (Å²) in [5, 5.41) is 11.7. The maximum Gasteiger partial charge on any atom is 0.231 e. The van der Waals surface area contributed by atoms with Gasteiger partial charge in [0.1, 0.15) is 6.61 Å². The topological polar surface area (TPSA) is 72.5 Å².